The van der Waals surface area contributed by atoms with Gasteiger partial charge in [0.1, 0.15) is 0 Å². The molecule has 1 unspecified atom stereocenters. The molecule has 0 saturated carbocycles. The molecule has 78 valence electrons. The number of hydrogen-bond acceptors (Lipinski definition) is 0. The van der Waals surface area contributed by atoms with Gasteiger partial charge in [0.2, 0.25) is 0 Å². The van der Waals surface area contributed by atoms with Crippen molar-refractivity contribution in [1.29, 1.82) is 0 Å². The zero-order valence-corrected chi connectivity index (χ0v) is 12.2. The quantitative estimate of drug-likeness (QED) is 0.634. The molecular weight excluding hydrogens is 327 g/mol. The molecule has 0 bridgehead atoms. The first-order valence-electron chi connectivity index (χ1n) is 4.59. The van der Waals surface area contributed by atoms with E-state index in [2.05, 4.69) is 51.8 Å². The van der Waals surface area contributed by atoms with Crippen LogP contribution in [0.3, 0.4) is 0 Å². The minimum atomic E-state index is 0.0851. The largest absolute Gasteiger partial charge is 0.118 e. The summed E-state index contributed by atoms with van der Waals surface area (Å²) in [5, 5.41) is 0.0851. The van der Waals surface area contributed by atoms with Gasteiger partial charge in [0.25, 0.3) is 0 Å². The Morgan fingerprint density at radius 2 is 1.93 bits per heavy atom. The molecule has 0 N–H and O–H groups in total. The Labute approximate surface area is 107 Å². The lowest BCUT2D eigenvalue weighted by Gasteiger charge is -2.14. The summed E-state index contributed by atoms with van der Waals surface area (Å²) in [4.78, 5) is 0. The van der Waals surface area contributed by atoms with E-state index in [0.29, 0.717) is 5.92 Å². The van der Waals surface area contributed by atoms with Crippen molar-refractivity contribution >= 4 is 43.5 Å². The molecule has 3 heteroatoms. The molecule has 1 rings (SSSR count). The van der Waals surface area contributed by atoms with E-state index in [0.717, 1.165) is 20.9 Å². The standard InChI is InChI=1S/C11H13Br2Cl/c1-7(2)5-11(14)9-6-8(12)3-4-10(9)13/h3-4,6-7,11H,5H2,1-2H3. The van der Waals surface area contributed by atoms with Crippen molar-refractivity contribution in [1.82, 2.24) is 0 Å². The monoisotopic (exact) mass is 338 g/mol. The van der Waals surface area contributed by atoms with E-state index in [9.17, 15) is 0 Å². The maximum atomic E-state index is 6.33. The fraction of sp³-hybridized carbons (Fsp3) is 0.455. The van der Waals surface area contributed by atoms with Gasteiger partial charge in [0.05, 0.1) is 5.38 Å². The number of alkyl halides is 1. The minimum Gasteiger partial charge on any atom is -0.118 e. The smallest absolute Gasteiger partial charge is 0.0599 e. The van der Waals surface area contributed by atoms with Crippen LogP contribution in [0, 0.1) is 5.92 Å². The predicted octanol–water partition coefficient (Wildman–Crippen LogP) is 5.54. The lowest BCUT2D eigenvalue weighted by Crippen LogP contribution is -1.97. The summed E-state index contributed by atoms with van der Waals surface area (Å²) in [5.74, 6) is 0.614. The van der Waals surface area contributed by atoms with Crippen molar-refractivity contribution in [2.24, 2.45) is 5.92 Å². The second-order valence-electron chi connectivity index (χ2n) is 3.76. The molecule has 0 aromatic heterocycles. The Balaban J connectivity index is 2.88. The fourth-order valence-corrected chi connectivity index (χ4v) is 2.87. The Morgan fingerprint density at radius 3 is 2.50 bits per heavy atom. The maximum Gasteiger partial charge on any atom is 0.0599 e. The van der Waals surface area contributed by atoms with Crippen LogP contribution in [0.1, 0.15) is 31.2 Å². The van der Waals surface area contributed by atoms with Gasteiger partial charge in [0, 0.05) is 8.95 Å². The molecule has 0 spiro atoms. The fourth-order valence-electron chi connectivity index (χ4n) is 1.30. The van der Waals surface area contributed by atoms with Crippen molar-refractivity contribution in [3.05, 3.63) is 32.7 Å². The highest BCUT2D eigenvalue weighted by molar-refractivity contribution is 9.11. The Bertz CT molecular complexity index is 310. The van der Waals surface area contributed by atoms with E-state index >= 15 is 0 Å². The highest BCUT2D eigenvalue weighted by Gasteiger charge is 2.13. The molecule has 0 fully saturated rings. The van der Waals surface area contributed by atoms with Crippen molar-refractivity contribution in [3.63, 3.8) is 0 Å². The average molecular weight is 340 g/mol. The van der Waals surface area contributed by atoms with Gasteiger partial charge in [-0.1, -0.05) is 45.7 Å². The highest BCUT2D eigenvalue weighted by Crippen LogP contribution is 2.34. The van der Waals surface area contributed by atoms with Crippen LogP contribution in [0.4, 0.5) is 0 Å². The third-order valence-electron chi connectivity index (χ3n) is 1.97. The SMILES string of the molecule is CC(C)CC(Cl)c1cc(Br)ccc1Br. The molecule has 0 saturated heterocycles. The van der Waals surface area contributed by atoms with E-state index in [1.165, 1.54) is 0 Å². The summed E-state index contributed by atoms with van der Waals surface area (Å²) in [6.07, 6.45) is 0.997. The average Bonchev–Trinajstić information content (AvgIpc) is 2.08. The molecule has 1 aromatic carbocycles. The van der Waals surface area contributed by atoms with E-state index in [1.807, 2.05) is 12.1 Å². The zero-order chi connectivity index (χ0) is 10.7. The van der Waals surface area contributed by atoms with E-state index in [1.54, 1.807) is 0 Å². The van der Waals surface area contributed by atoms with Crippen LogP contribution in [0.15, 0.2) is 27.1 Å². The Kier molecular flexibility index (Phi) is 4.95. The van der Waals surface area contributed by atoms with E-state index in [-0.39, 0.29) is 5.38 Å². The van der Waals surface area contributed by atoms with Crippen LogP contribution < -0.4 is 0 Å². The first kappa shape index (κ1) is 12.5. The zero-order valence-electron chi connectivity index (χ0n) is 8.23. The molecule has 0 amide bonds. The Morgan fingerprint density at radius 1 is 1.29 bits per heavy atom. The van der Waals surface area contributed by atoms with Gasteiger partial charge in [-0.25, -0.2) is 0 Å². The number of halogens is 3. The predicted molar refractivity (Wildman–Crippen MR) is 69.9 cm³/mol. The van der Waals surface area contributed by atoms with Gasteiger partial charge in [-0.2, -0.15) is 0 Å². The maximum absolute atomic E-state index is 6.33. The second kappa shape index (κ2) is 5.53. The van der Waals surface area contributed by atoms with Gasteiger partial charge >= 0.3 is 0 Å². The highest BCUT2D eigenvalue weighted by atomic mass is 79.9. The van der Waals surface area contributed by atoms with Crippen molar-refractivity contribution in [3.8, 4) is 0 Å². The molecule has 0 aliphatic heterocycles. The van der Waals surface area contributed by atoms with Gasteiger partial charge in [-0.15, -0.1) is 11.6 Å². The van der Waals surface area contributed by atoms with Crippen molar-refractivity contribution in [2.75, 3.05) is 0 Å². The second-order valence-corrected chi connectivity index (χ2v) is 6.06. The summed E-state index contributed by atoms with van der Waals surface area (Å²) >= 11 is 13.3. The van der Waals surface area contributed by atoms with Crippen LogP contribution in [0.2, 0.25) is 0 Å². The first-order valence-corrected chi connectivity index (χ1v) is 6.62. The van der Waals surface area contributed by atoms with Crippen LogP contribution in [-0.4, -0.2) is 0 Å². The van der Waals surface area contributed by atoms with E-state index < -0.39 is 0 Å². The summed E-state index contributed by atoms with van der Waals surface area (Å²) in [6.45, 7) is 4.36. The number of rotatable bonds is 3. The topological polar surface area (TPSA) is 0 Å². The first-order chi connectivity index (χ1) is 6.50. The van der Waals surface area contributed by atoms with Crippen LogP contribution >= 0.6 is 43.5 Å². The number of hydrogen-bond donors (Lipinski definition) is 0. The molecule has 0 aliphatic rings. The molecule has 0 aliphatic carbocycles. The summed E-state index contributed by atoms with van der Waals surface area (Å²) < 4.78 is 2.16. The normalized spacial score (nSPS) is 13.3. The van der Waals surface area contributed by atoms with Crippen LogP contribution in [0.25, 0.3) is 0 Å². The van der Waals surface area contributed by atoms with Gasteiger partial charge in [-0.3, -0.25) is 0 Å². The molecule has 0 radical (unpaired) electrons. The lowest BCUT2D eigenvalue weighted by atomic mass is 10.0. The summed E-state index contributed by atoms with van der Waals surface area (Å²) in [6, 6.07) is 6.10. The summed E-state index contributed by atoms with van der Waals surface area (Å²) in [7, 11) is 0. The molecule has 1 atom stereocenters. The van der Waals surface area contributed by atoms with Gasteiger partial charge < -0.3 is 0 Å². The Hall–Kier alpha value is 0.470. The van der Waals surface area contributed by atoms with Gasteiger partial charge in [-0.05, 0) is 36.1 Å². The van der Waals surface area contributed by atoms with Crippen LogP contribution in [0.5, 0.6) is 0 Å². The molecule has 0 nitrogen and oxygen atoms in total. The molecule has 14 heavy (non-hydrogen) atoms. The van der Waals surface area contributed by atoms with Gasteiger partial charge in [0.15, 0.2) is 0 Å². The molecular formula is C11H13Br2Cl. The summed E-state index contributed by atoms with van der Waals surface area (Å²) in [5.41, 5.74) is 1.16. The van der Waals surface area contributed by atoms with Crippen molar-refractivity contribution < 1.29 is 0 Å². The van der Waals surface area contributed by atoms with Crippen molar-refractivity contribution in [2.45, 2.75) is 25.6 Å². The van der Waals surface area contributed by atoms with Crippen LogP contribution in [-0.2, 0) is 0 Å². The third-order valence-corrected chi connectivity index (χ3v) is 3.60. The minimum absolute atomic E-state index is 0.0851. The lowest BCUT2D eigenvalue weighted by molar-refractivity contribution is 0.574. The molecule has 1 aromatic rings. The van der Waals surface area contributed by atoms with E-state index in [4.69, 9.17) is 11.6 Å². The molecule has 0 heterocycles. The number of benzene rings is 1. The third kappa shape index (κ3) is 3.56.